The lowest BCUT2D eigenvalue weighted by atomic mass is 10.0. The van der Waals surface area contributed by atoms with Gasteiger partial charge in [0, 0.05) is 38.6 Å². The van der Waals surface area contributed by atoms with E-state index in [-0.39, 0.29) is 42.5 Å². The summed E-state index contributed by atoms with van der Waals surface area (Å²) < 4.78 is 12.0. The van der Waals surface area contributed by atoms with Gasteiger partial charge in [-0.1, -0.05) is 31.9 Å². The summed E-state index contributed by atoms with van der Waals surface area (Å²) in [5.74, 6) is 0.270. The van der Waals surface area contributed by atoms with Crippen molar-refractivity contribution in [2.45, 2.75) is 20.3 Å². The van der Waals surface area contributed by atoms with Gasteiger partial charge in [-0.2, -0.15) is 0 Å². The van der Waals surface area contributed by atoms with Crippen LogP contribution in [0.15, 0.2) is 33.2 Å². The van der Waals surface area contributed by atoms with Gasteiger partial charge in [0.05, 0.1) is 23.1 Å². The van der Waals surface area contributed by atoms with Crippen LogP contribution in [0.3, 0.4) is 0 Å². The van der Waals surface area contributed by atoms with Crippen molar-refractivity contribution < 1.29 is 19.3 Å². The number of nitro benzene ring substituents is 2. The molecule has 0 aliphatic heterocycles. The summed E-state index contributed by atoms with van der Waals surface area (Å²) in [6.07, 6.45) is 0.158. The first-order valence-corrected chi connectivity index (χ1v) is 9.56. The lowest BCUT2D eigenvalue weighted by Crippen LogP contribution is -2.05. The number of hydrogen-bond donors (Lipinski definition) is 0. The van der Waals surface area contributed by atoms with E-state index < -0.39 is 9.85 Å². The van der Waals surface area contributed by atoms with Gasteiger partial charge in [0.2, 0.25) is 11.5 Å². The molecular formula is C17H16Br2N2O6. The third kappa shape index (κ3) is 4.95. The molecule has 0 saturated heterocycles. The second-order valence-electron chi connectivity index (χ2n) is 5.38. The number of ether oxygens (including phenoxy) is 2. The minimum atomic E-state index is -0.522. The van der Waals surface area contributed by atoms with Crippen LogP contribution in [0.25, 0.3) is 0 Å². The highest BCUT2D eigenvalue weighted by Gasteiger charge is 2.25. The Hall–Kier alpha value is -2.20. The molecule has 27 heavy (non-hydrogen) atoms. The van der Waals surface area contributed by atoms with Crippen molar-refractivity contribution in [1.29, 1.82) is 0 Å². The summed E-state index contributed by atoms with van der Waals surface area (Å²) in [6, 6.07) is 6.11. The fourth-order valence-electron chi connectivity index (χ4n) is 2.63. The molecule has 0 bridgehead atoms. The quantitative estimate of drug-likeness (QED) is 0.352. The molecule has 10 heteroatoms. The van der Waals surface area contributed by atoms with E-state index in [9.17, 15) is 20.2 Å². The van der Waals surface area contributed by atoms with E-state index in [1.165, 1.54) is 12.1 Å². The van der Waals surface area contributed by atoms with Gasteiger partial charge in [-0.15, -0.1) is 0 Å². The number of nitrogens with zero attached hydrogens (tertiary/aromatic N) is 2. The van der Waals surface area contributed by atoms with Crippen molar-refractivity contribution >= 4 is 43.2 Å². The molecule has 144 valence electrons. The van der Waals surface area contributed by atoms with Crippen LogP contribution in [-0.2, 0) is 6.42 Å². The lowest BCUT2D eigenvalue weighted by molar-refractivity contribution is -0.386. The van der Waals surface area contributed by atoms with Crippen LogP contribution in [0.2, 0.25) is 0 Å². The fourth-order valence-corrected chi connectivity index (χ4v) is 3.62. The fraction of sp³-hybridized carbons (Fsp3) is 0.294. The Kier molecular flexibility index (Phi) is 7.14. The minimum Gasteiger partial charge on any atom is -0.487 e. The molecule has 0 heterocycles. The summed E-state index contributed by atoms with van der Waals surface area (Å²) in [7, 11) is 0. The predicted octanol–water partition coefficient (Wildman–Crippen LogP) is 5.42. The highest BCUT2D eigenvalue weighted by atomic mass is 79.9. The number of hydrogen-bond acceptors (Lipinski definition) is 6. The van der Waals surface area contributed by atoms with Crippen LogP contribution in [-0.4, -0.2) is 23.1 Å². The normalized spacial score (nSPS) is 10.5. The van der Waals surface area contributed by atoms with E-state index in [0.717, 1.165) is 0 Å². The average Bonchev–Trinajstić information content (AvgIpc) is 2.58. The number of nitro groups is 2. The van der Waals surface area contributed by atoms with Gasteiger partial charge in [-0.25, -0.2) is 0 Å². The minimum absolute atomic E-state index is 0.135. The monoisotopic (exact) mass is 502 g/mol. The summed E-state index contributed by atoms with van der Waals surface area (Å²) >= 11 is 6.55. The highest BCUT2D eigenvalue weighted by molar-refractivity contribution is 9.10. The molecule has 0 spiro atoms. The van der Waals surface area contributed by atoms with Crippen LogP contribution in [0.5, 0.6) is 11.5 Å². The van der Waals surface area contributed by atoms with E-state index in [4.69, 9.17) is 9.47 Å². The molecule has 0 N–H and O–H groups in total. The third-order valence-corrected chi connectivity index (χ3v) is 4.49. The van der Waals surface area contributed by atoms with Crippen molar-refractivity contribution in [1.82, 2.24) is 0 Å². The molecule has 8 nitrogen and oxygen atoms in total. The number of halogens is 2. The molecule has 0 saturated carbocycles. The molecule has 2 aromatic rings. The van der Waals surface area contributed by atoms with Crippen molar-refractivity contribution in [2.75, 3.05) is 13.2 Å². The maximum absolute atomic E-state index is 11.4. The topological polar surface area (TPSA) is 105 Å². The maximum atomic E-state index is 11.4. The van der Waals surface area contributed by atoms with Crippen LogP contribution in [0.4, 0.5) is 11.4 Å². The first-order valence-electron chi connectivity index (χ1n) is 7.97. The molecule has 2 aromatic carbocycles. The molecule has 0 aromatic heterocycles. The van der Waals surface area contributed by atoms with Crippen molar-refractivity contribution in [3.8, 4) is 11.5 Å². The zero-order valence-electron chi connectivity index (χ0n) is 14.5. The molecule has 0 aliphatic rings. The van der Waals surface area contributed by atoms with Gasteiger partial charge < -0.3 is 9.47 Å². The highest BCUT2D eigenvalue weighted by Crippen LogP contribution is 2.40. The Morgan fingerprint density at radius 3 is 1.48 bits per heavy atom. The number of rotatable bonds is 8. The maximum Gasteiger partial charge on any atom is 0.312 e. The van der Waals surface area contributed by atoms with E-state index in [0.29, 0.717) is 20.1 Å². The standard InChI is InChI=1S/C17H16Br2N2O6/c1-3-26-16-10(6-12(18)8-14(16)20(22)23)5-11-7-13(19)9-15(21(24)25)17(11)27-4-2/h6-9H,3-5H2,1-2H3. The van der Waals surface area contributed by atoms with Gasteiger partial charge in [0.15, 0.2) is 0 Å². The van der Waals surface area contributed by atoms with Gasteiger partial charge in [0.25, 0.3) is 0 Å². The molecule has 0 fully saturated rings. The first-order chi connectivity index (χ1) is 12.8. The Bertz CT molecular complexity index is 817. The van der Waals surface area contributed by atoms with Crippen LogP contribution >= 0.6 is 31.9 Å². The molecule has 2 rings (SSSR count). The van der Waals surface area contributed by atoms with Crippen LogP contribution in [0.1, 0.15) is 25.0 Å². The van der Waals surface area contributed by atoms with E-state index in [2.05, 4.69) is 31.9 Å². The zero-order valence-corrected chi connectivity index (χ0v) is 17.7. The predicted molar refractivity (Wildman–Crippen MR) is 107 cm³/mol. The van der Waals surface area contributed by atoms with Crippen LogP contribution < -0.4 is 9.47 Å². The second-order valence-corrected chi connectivity index (χ2v) is 7.21. The second kappa shape index (κ2) is 9.14. The Balaban J connectivity index is 2.66. The Morgan fingerprint density at radius 1 is 0.815 bits per heavy atom. The largest absolute Gasteiger partial charge is 0.487 e. The molecule has 0 atom stereocenters. The lowest BCUT2D eigenvalue weighted by Gasteiger charge is -2.14. The van der Waals surface area contributed by atoms with Crippen molar-refractivity contribution in [3.63, 3.8) is 0 Å². The molecule has 0 amide bonds. The van der Waals surface area contributed by atoms with E-state index >= 15 is 0 Å². The summed E-state index contributed by atoms with van der Waals surface area (Å²) in [5, 5.41) is 22.8. The van der Waals surface area contributed by atoms with Gasteiger partial charge in [-0.05, 0) is 26.0 Å². The van der Waals surface area contributed by atoms with E-state index in [1.807, 2.05) is 0 Å². The zero-order chi connectivity index (χ0) is 20.1. The number of benzene rings is 2. The molecular weight excluding hydrogens is 488 g/mol. The first kappa shape index (κ1) is 21.1. The molecule has 0 unspecified atom stereocenters. The van der Waals surface area contributed by atoms with Crippen molar-refractivity contribution in [3.05, 3.63) is 64.6 Å². The van der Waals surface area contributed by atoms with E-state index in [1.54, 1.807) is 26.0 Å². The van der Waals surface area contributed by atoms with Gasteiger partial charge >= 0.3 is 11.4 Å². The van der Waals surface area contributed by atoms with Gasteiger partial charge in [-0.3, -0.25) is 20.2 Å². The molecule has 0 radical (unpaired) electrons. The van der Waals surface area contributed by atoms with Crippen LogP contribution in [0, 0.1) is 20.2 Å². The SMILES string of the molecule is CCOc1c(Cc2cc(Br)cc([N+](=O)[O-])c2OCC)cc(Br)cc1[N+](=O)[O-]. The van der Waals surface area contributed by atoms with Gasteiger partial charge in [0.1, 0.15) is 0 Å². The smallest absolute Gasteiger partial charge is 0.312 e. The Morgan fingerprint density at radius 2 is 1.19 bits per heavy atom. The van der Waals surface area contributed by atoms with Crippen molar-refractivity contribution in [2.24, 2.45) is 0 Å². The average molecular weight is 504 g/mol. The summed E-state index contributed by atoms with van der Waals surface area (Å²) in [5.41, 5.74) is 0.685. The third-order valence-electron chi connectivity index (χ3n) is 3.57. The Labute approximate surface area is 172 Å². The molecule has 0 aliphatic carbocycles. The summed E-state index contributed by atoms with van der Waals surface area (Å²) in [4.78, 5) is 21.8. The summed E-state index contributed by atoms with van der Waals surface area (Å²) in [6.45, 7) is 3.94.